The summed E-state index contributed by atoms with van der Waals surface area (Å²) in [5, 5.41) is 14.5. The highest BCUT2D eigenvalue weighted by molar-refractivity contribution is 6.01. The van der Waals surface area contributed by atoms with Gasteiger partial charge in [-0.3, -0.25) is 24.8 Å². The van der Waals surface area contributed by atoms with Gasteiger partial charge in [-0.2, -0.15) is 13.2 Å². The predicted octanol–water partition coefficient (Wildman–Crippen LogP) is 5.69. The molecule has 2 aliphatic heterocycles. The van der Waals surface area contributed by atoms with Gasteiger partial charge in [0, 0.05) is 54.2 Å². The maximum atomic E-state index is 16.2. The van der Waals surface area contributed by atoms with Crippen LogP contribution in [0, 0.1) is 11.2 Å². The van der Waals surface area contributed by atoms with Gasteiger partial charge in [-0.15, -0.1) is 0 Å². The van der Waals surface area contributed by atoms with Gasteiger partial charge in [-0.1, -0.05) is 44.2 Å². The molecule has 2 saturated heterocycles. The number of hydrogen-bond acceptors (Lipinski definition) is 7. The zero-order chi connectivity index (χ0) is 31.4. The third-order valence-corrected chi connectivity index (χ3v) is 8.84. The molecule has 2 aliphatic rings. The topological polar surface area (TPSA) is 109 Å². The number of rotatable bonds is 5. The number of fused-ring (bicyclic) bond motifs is 1. The Morgan fingerprint density at radius 1 is 1.14 bits per heavy atom. The Labute approximate surface area is 250 Å². The lowest BCUT2D eigenvalue weighted by Gasteiger charge is -2.50. The Kier molecular flexibility index (Phi) is 7.32. The van der Waals surface area contributed by atoms with Crippen molar-refractivity contribution >= 4 is 22.7 Å². The van der Waals surface area contributed by atoms with Crippen LogP contribution in [-0.4, -0.2) is 44.9 Å². The first kappa shape index (κ1) is 29.9. The second kappa shape index (κ2) is 10.8. The molecule has 4 aromatic rings. The molecule has 2 amide bonds. The highest BCUT2D eigenvalue weighted by atomic mass is 19.4. The zero-order valence-electron chi connectivity index (χ0n) is 24.0. The molecular weight excluding hydrogens is 580 g/mol. The van der Waals surface area contributed by atoms with Crippen molar-refractivity contribution < 1.29 is 36.7 Å². The summed E-state index contributed by atoms with van der Waals surface area (Å²) < 4.78 is 59.3. The van der Waals surface area contributed by atoms with Gasteiger partial charge in [0.2, 0.25) is 11.8 Å². The van der Waals surface area contributed by atoms with E-state index in [9.17, 15) is 27.9 Å². The number of alkyl halides is 3. The number of benzene rings is 2. The second-order valence-corrected chi connectivity index (χ2v) is 12.2. The van der Waals surface area contributed by atoms with E-state index in [0.717, 1.165) is 11.8 Å². The van der Waals surface area contributed by atoms with E-state index in [4.69, 9.17) is 0 Å². The summed E-state index contributed by atoms with van der Waals surface area (Å²) in [6.45, 7) is 5.19. The minimum Gasteiger partial charge on any atom is -0.441 e. The van der Waals surface area contributed by atoms with Gasteiger partial charge in [0.25, 0.3) is 0 Å². The molecule has 4 heterocycles. The Bertz CT molecular complexity index is 1750. The maximum absolute atomic E-state index is 16.2. The van der Waals surface area contributed by atoms with Crippen LogP contribution in [0.2, 0.25) is 0 Å². The monoisotopic (exact) mass is 610 g/mol. The molecule has 12 heteroatoms. The molecule has 2 aromatic heterocycles. The molecule has 0 radical (unpaired) electrons. The Morgan fingerprint density at radius 3 is 2.55 bits per heavy atom. The Hall–Kier alpha value is -4.16. The molecule has 2 N–H and O–H groups in total. The number of hydrogen-bond donors (Lipinski definition) is 2. The van der Waals surface area contributed by atoms with E-state index in [0.29, 0.717) is 42.7 Å². The highest BCUT2D eigenvalue weighted by Crippen LogP contribution is 2.48. The fraction of sp³-hybridized carbons (Fsp3) is 0.375. The molecular formula is C32H30F4N4O4. The fourth-order valence-electron chi connectivity index (χ4n) is 6.34. The van der Waals surface area contributed by atoms with E-state index >= 15 is 4.39 Å². The van der Waals surface area contributed by atoms with E-state index in [2.05, 4.69) is 24.6 Å². The van der Waals surface area contributed by atoms with Crippen molar-refractivity contribution in [3.63, 3.8) is 0 Å². The van der Waals surface area contributed by atoms with Crippen LogP contribution in [0.1, 0.15) is 61.6 Å². The Morgan fingerprint density at radius 2 is 1.89 bits per heavy atom. The summed E-state index contributed by atoms with van der Waals surface area (Å²) in [6.07, 6.45) is -1.41. The van der Waals surface area contributed by atoms with Crippen LogP contribution in [0.3, 0.4) is 0 Å². The van der Waals surface area contributed by atoms with Gasteiger partial charge >= 0.3 is 12.1 Å². The smallest absolute Gasteiger partial charge is 0.441 e. The van der Waals surface area contributed by atoms with Gasteiger partial charge in [0.05, 0.1) is 17.0 Å². The Balaban J connectivity index is 1.20. The molecule has 2 atom stereocenters. The third-order valence-electron chi connectivity index (χ3n) is 8.84. The largest absolute Gasteiger partial charge is 0.468 e. The van der Waals surface area contributed by atoms with Gasteiger partial charge < -0.3 is 9.52 Å². The number of likely N-dealkylation sites (tertiary alicyclic amines) is 1. The number of amides is 2. The third kappa shape index (κ3) is 5.36. The first-order valence-corrected chi connectivity index (χ1v) is 14.2. The molecule has 0 spiro atoms. The van der Waals surface area contributed by atoms with E-state index in [-0.39, 0.29) is 35.4 Å². The summed E-state index contributed by atoms with van der Waals surface area (Å²) in [7, 11) is 0. The lowest BCUT2D eigenvalue weighted by molar-refractivity contribution is -0.157. The average molecular weight is 611 g/mol. The first-order chi connectivity index (χ1) is 20.7. The summed E-state index contributed by atoms with van der Waals surface area (Å²) in [6, 6.07) is 11.8. The van der Waals surface area contributed by atoms with Crippen LogP contribution < -0.4 is 5.32 Å². The minimum atomic E-state index is -4.66. The number of aliphatic hydroxyl groups is 1. The molecule has 0 unspecified atom stereocenters. The number of aromatic nitrogens is 2. The number of oxazole rings is 1. The SMILES string of the molecule is CC1(C)CN(Cc2ccc(-c3coc(C(F)(F)F)n3)cc2)CC[C@@]1(O)c1ccc2ncc([C@H]3CCC(=O)NC3=O)cc2c1F. The van der Waals surface area contributed by atoms with Crippen LogP contribution in [0.15, 0.2) is 59.3 Å². The van der Waals surface area contributed by atoms with Gasteiger partial charge in [-0.25, -0.2) is 9.37 Å². The van der Waals surface area contributed by atoms with Crippen molar-refractivity contribution in [1.29, 1.82) is 0 Å². The molecule has 230 valence electrons. The predicted molar refractivity (Wildman–Crippen MR) is 151 cm³/mol. The van der Waals surface area contributed by atoms with Crippen molar-refractivity contribution in [1.82, 2.24) is 20.2 Å². The summed E-state index contributed by atoms with van der Waals surface area (Å²) >= 11 is 0. The molecule has 0 saturated carbocycles. The van der Waals surface area contributed by atoms with Gasteiger partial charge in [0.15, 0.2) is 0 Å². The van der Waals surface area contributed by atoms with Crippen molar-refractivity contribution in [2.24, 2.45) is 5.41 Å². The molecule has 2 aromatic carbocycles. The van der Waals surface area contributed by atoms with E-state index in [1.165, 1.54) is 6.20 Å². The number of carbonyl (C=O) groups is 2. The van der Waals surface area contributed by atoms with Crippen LogP contribution >= 0.6 is 0 Å². The average Bonchev–Trinajstić information content (AvgIpc) is 3.47. The van der Waals surface area contributed by atoms with Crippen molar-refractivity contribution in [3.8, 4) is 11.3 Å². The van der Waals surface area contributed by atoms with E-state index in [1.807, 2.05) is 13.8 Å². The standard InChI is InChI=1S/C32H30F4N4O4/c1-30(2)17-40(15-18-3-5-19(6-4-18)25-16-44-29(38-25)32(34,35)36)12-11-31(30,43)23-8-9-24-22(27(23)33)13-20(14-37-24)21-7-10-26(41)39-28(21)42/h3-6,8-9,13-14,16,21,43H,7,10-12,15,17H2,1-2H3,(H,39,41,42)/t21-,31-/m1/s1. The molecule has 2 fully saturated rings. The summed E-state index contributed by atoms with van der Waals surface area (Å²) in [5.74, 6) is -3.28. The fourth-order valence-corrected chi connectivity index (χ4v) is 6.34. The number of nitrogens with zero attached hydrogens (tertiary/aromatic N) is 3. The molecule has 8 nitrogen and oxygen atoms in total. The van der Waals surface area contributed by atoms with Crippen molar-refractivity contribution in [3.05, 3.63) is 83.3 Å². The number of piperidine rings is 2. The number of pyridine rings is 1. The van der Waals surface area contributed by atoms with Crippen molar-refractivity contribution in [2.75, 3.05) is 13.1 Å². The van der Waals surface area contributed by atoms with Crippen LogP contribution in [0.25, 0.3) is 22.2 Å². The van der Waals surface area contributed by atoms with Gasteiger partial charge in [0.1, 0.15) is 17.8 Å². The molecule has 6 rings (SSSR count). The number of halogens is 4. The zero-order valence-corrected chi connectivity index (χ0v) is 24.0. The van der Waals surface area contributed by atoms with E-state index < -0.39 is 40.7 Å². The maximum Gasteiger partial charge on any atom is 0.468 e. The number of imide groups is 1. The van der Waals surface area contributed by atoms with Gasteiger partial charge in [-0.05, 0) is 36.1 Å². The van der Waals surface area contributed by atoms with Crippen LogP contribution in [0.5, 0.6) is 0 Å². The lowest BCUT2D eigenvalue weighted by Crippen LogP contribution is -2.55. The normalized spacial score (nSPS) is 22.8. The first-order valence-electron chi connectivity index (χ1n) is 14.2. The highest BCUT2D eigenvalue weighted by Gasteiger charge is 2.50. The molecule has 0 bridgehead atoms. The quantitative estimate of drug-likeness (QED) is 0.221. The number of nitrogens with one attached hydrogen (secondary N) is 1. The van der Waals surface area contributed by atoms with E-state index in [1.54, 1.807) is 42.5 Å². The van der Waals surface area contributed by atoms with Crippen LogP contribution in [-0.2, 0) is 27.9 Å². The molecule has 44 heavy (non-hydrogen) atoms. The summed E-state index contributed by atoms with van der Waals surface area (Å²) in [4.78, 5) is 34.0. The lowest BCUT2D eigenvalue weighted by atomic mass is 9.66. The second-order valence-electron chi connectivity index (χ2n) is 12.2. The van der Waals surface area contributed by atoms with Crippen molar-refractivity contribution in [2.45, 2.75) is 57.3 Å². The molecule has 0 aliphatic carbocycles. The minimum absolute atomic E-state index is 0.0879. The van der Waals surface area contributed by atoms with Crippen LogP contribution in [0.4, 0.5) is 17.6 Å². The number of carbonyl (C=O) groups excluding carboxylic acids is 2. The summed E-state index contributed by atoms with van der Waals surface area (Å²) in [5.41, 5.74) is 0.279.